The molecular formula is C13H9N5OS2. The second-order valence-corrected chi connectivity index (χ2v) is 5.81. The molecule has 0 saturated heterocycles. The lowest BCUT2D eigenvalue weighted by atomic mass is 10.3. The molecule has 21 heavy (non-hydrogen) atoms. The molecule has 3 heterocycles. The van der Waals surface area contributed by atoms with Gasteiger partial charge in [0.25, 0.3) is 0 Å². The summed E-state index contributed by atoms with van der Waals surface area (Å²) in [5, 5.41) is 12.2. The first-order chi connectivity index (χ1) is 10.3. The predicted octanol–water partition coefficient (Wildman–Crippen LogP) is 2.94. The van der Waals surface area contributed by atoms with E-state index in [2.05, 4.69) is 15.0 Å². The Hall–Kier alpha value is -2.37. The van der Waals surface area contributed by atoms with Crippen molar-refractivity contribution in [2.75, 3.05) is 5.73 Å². The van der Waals surface area contributed by atoms with E-state index in [-0.39, 0.29) is 11.4 Å². The summed E-state index contributed by atoms with van der Waals surface area (Å²) in [7, 11) is 0. The van der Waals surface area contributed by atoms with Gasteiger partial charge in [0.2, 0.25) is 0 Å². The minimum Gasteiger partial charge on any atom is -0.472 e. The number of thiazole rings is 1. The maximum absolute atomic E-state index is 8.78. The zero-order valence-electron chi connectivity index (χ0n) is 10.7. The zero-order valence-corrected chi connectivity index (χ0v) is 12.3. The number of thioether (sulfide) groups is 1. The molecule has 0 spiro atoms. The minimum atomic E-state index is 0.201. The summed E-state index contributed by atoms with van der Waals surface area (Å²) < 4.78 is 5.04. The van der Waals surface area contributed by atoms with Crippen molar-refractivity contribution in [3.63, 3.8) is 0 Å². The number of rotatable bonds is 4. The fourth-order valence-electron chi connectivity index (χ4n) is 1.56. The summed E-state index contributed by atoms with van der Waals surface area (Å²) in [6.07, 6.45) is 4.72. The lowest BCUT2D eigenvalue weighted by Gasteiger charge is -2.00. The van der Waals surface area contributed by atoms with E-state index in [1.54, 1.807) is 23.9 Å². The Labute approximate surface area is 128 Å². The van der Waals surface area contributed by atoms with Crippen LogP contribution in [-0.2, 0) is 5.75 Å². The van der Waals surface area contributed by atoms with Crippen molar-refractivity contribution in [3.8, 4) is 16.6 Å². The average molecular weight is 315 g/mol. The molecular weight excluding hydrogens is 306 g/mol. The molecule has 3 aromatic heterocycles. The summed E-state index contributed by atoms with van der Waals surface area (Å²) in [6.45, 7) is 0. The number of hydrogen-bond donors (Lipinski definition) is 1. The Morgan fingerprint density at radius 2 is 2.33 bits per heavy atom. The first-order valence-corrected chi connectivity index (χ1v) is 7.75. The second-order valence-electron chi connectivity index (χ2n) is 4.01. The fourth-order valence-corrected chi connectivity index (χ4v) is 3.19. The van der Waals surface area contributed by atoms with Gasteiger partial charge in [-0.2, -0.15) is 5.26 Å². The van der Waals surface area contributed by atoms with Gasteiger partial charge in [-0.05, 0) is 6.07 Å². The van der Waals surface area contributed by atoms with Crippen molar-refractivity contribution in [2.24, 2.45) is 0 Å². The van der Waals surface area contributed by atoms with Gasteiger partial charge in [0, 0.05) is 16.7 Å². The zero-order chi connectivity index (χ0) is 14.7. The van der Waals surface area contributed by atoms with Gasteiger partial charge < -0.3 is 10.2 Å². The van der Waals surface area contributed by atoms with Crippen molar-refractivity contribution >= 4 is 28.9 Å². The quantitative estimate of drug-likeness (QED) is 0.583. The number of aromatic nitrogens is 3. The monoisotopic (exact) mass is 315 g/mol. The first kappa shape index (κ1) is 13.6. The van der Waals surface area contributed by atoms with E-state index in [0.29, 0.717) is 10.9 Å². The molecule has 6 nitrogen and oxygen atoms in total. The van der Waals surface area contributed by atoms with Crippen LogP contribution in [0.3, 0.4) is 0 Å². The van der Waals surface area contributed by atoms with Gasteiger partial charge >= 0.3 is 0 Å². The van der Waals surface area contributed by atoms with Gasteiger partial charge in [-0.25, -0.2) is 15.0 Å². The normalized spacial score (nSPS) is 10.4. The Morgan fingerprint density at radius 3 is 3.05 bits per heavy atom. The van der Waals surface area contributed by atoms with Crippen LogP contribution < -0.4 is 5.73 Å². The van der Waals surface area contributed by atoms with Crippen molar-refractivity contribution in [3.05, 3.63) is 41.4 Å². The number of hydrogen-bond acceptors (Lipinski definition) is 8. The number of nitrogen functional groups attached to an aromatic ring is 1. The molecule has 0 bridgehead atoms. The van der Waals surface area contributed by atoms with Gasteiger partial charge in [0.05, 0.1) is 18.2 Å². The van der Waals surface area contributed by atoms with Gasteiger partial charge in [-0.15, -0.1) is 11.3 Å². The molecule has 0 aliphatic carbocycles. The van der Waals surface area contributed by atoms with Crippen LogP contribution in [0.2, 0.25) is 0 Å². The van der Waals surface area contributed by atoms with Crippen LogP contribution in [0.15, 0.2) is 39.7 Å². The van der Waals surface area contributed by atoms with Crippen molar-refractivity contribution in [1.82, 2.24) is 15.0 Å². The van der Waals surface area contributed by atoms with E-state index in [9.17, 15) is 0 Å². The third kappa shape index (κ3) is 3.04. The molecule has 3 rings (SSSR count). The molecule has 3 aromatic rings. The highest BCUT2D eigenvalue weighted by atomic mass is 32.2. The maximum Gasteiger partial charge on any atom is 0.189 e. The average Bonchev–Trinajstić information content (AvgIpc) is 3.16. The molecule has 0 fully saturated rings. The van der Waals surface area contributed by atoms with E-state index in [1.807, 2.05) is 17.5 Å². The van der Waals surface area contributed by atoms with E-state index >= 15 is 0 Å². The van der Waals surface area contributed by atoms with Gasteiger partial charge in [0.1, 0.15) is 28.7 Å². The highest BCUT2D eigenvalue weighted by Crippen LogP contribution is 2.27. The summed E-state index contributed by atoms with van der Waals surface area (Å²) in [5.41, 5.74) is 7.85. The molecule has 0 radical (unpaired) electrons. The van der Waals surface area contributed by atoms with Crippen molar-refractivity contribution in [1.29, 1.82) is 5.26 Å². The Bertz CT molecular complexity index is 791. The van der Waals surface area contributed by atoms with Gasteiger partial charge in [-0.3, -0.25) is 0 Å². The highest BCUT2D eigenvalue weighted by molar-refractivity contribution is 7.98. The maximum atomic E-state index is 8.78. The molecule has 0 aliphatic rings. The first-order valence-electron chi connectivity index (χ1n) is 5.88. The number of anilines is 1. The van der Waals surface area contributed by atoms with Crippen molar-refractivity contribution < 1.29 is 4.42 Å². The highest BCUT2D eigenvalue weighted by Gasteiger charge is 2.08. The van der Waals surface area contributed by atoms with Crippen molar-refractivity contribution in [2.45, 2.75) is 10.9 Å². The smallest absolute Gasteiger partial charge is 0.189 e. The molecule has 2 N–H and O–H groups in total. The number of nitriles is 1. The number of furan rings is 1. The van der Waals surface area contributed by atoms with Crippen LogP contribution in [0.4, 0.5) is 5.82 Å². The SMILES string of the molecule is N#Cc1cnc(SCc2csc(-c3ccoc3)n2)nc1N. The van der Waals surface area contributed by atoms with Crippen LogP contribution in [0, 0.1) is 11.3 Å². The topological polar surface area (TPSA) is 102 Å². The standard InChI is InChI=1S/C13H9N5OS2/c14-3-9-4-16-13(18-11(9)15)21-7-10-6-20-12(17-10)8-1-2-19-5-8/h1-2,4-6H,7H2,(H2,15,16,18). The van der Waals surface area contributed by atoms with E-state index in [0.717, 1.165) is 16.3 Å². The summed E-state index contributed by atoms with van der Waals surface area (Å²) >= 11 is 2.99. The lowest BCUT2D eigenvalue weighted by Crippen LogP contribution is -1.98. The predicted molar refractivity (Wildman–Crippen MR) is 80.5 cm³/mol. The van der Waals surface area contributed by atoms with Crippen LogP contribution in [-0.4, -0.2) is 15.0 Å². The third-order valence-corrected chi connectivity index (χ3v) is 4.42. The molecule has 104 valence electrons. The Balaban J connectivity index is 1.68. The second kappa shape index (κ2) is 5.95. The molecule has 8 heteroatoms. The summed E-state index contributed by atoms with van der Waals surface area (Å²) in [4.78, 5) is 12.7. The summed E-state index contributed by atoms with van der Waals surface area (Å²) in [6, 6.07) is 3.81. The third-order valence-electron chi connectivity index (χ3n) is 2.59. The van der Waals surface area contributed by atoms with E-state index < -0.39 is 0 Å². The fraction of sp³-hybridized carbons (Fsp3) is 0.0769. The minimum absolute atomic E-state index is 0.201. The van der Waals surface area contributed by atoms with Gasteiger partial charge in [-0.1, -0.05) is 11.8 Å². The van der Waals surface area contributed by atoms with E-state index in [4.69, 9.17) is 15.4 Å². The number of nitrogens with zero attached hydrogens (tertiary/aromatic N) is 4. The number of nitrogens with two attached hydrogens (primary N) is 1. The molecule has 0 amide bonds. The van der Waals surface area contributed by atoms with Crippen LogP contribution >= 0.6 is 23.1 Å². The van der Waals surface area contributed by atoms with Crippen LogP contribution in [0.25, 0.3) is 10.6 Å². The molecule has 0 aliphatic heterocycles. The Morgan fingerprint density at radius 1 is 1.43 bits per heavy atom. The van der Waals surface area contributed by atoms with E-state index in [1.165, 1.54) is 18.0 Å². The molecule has 0 atom stereocenters. The molecule has 0 unspecified atom stereocenters. The van der Waals surface area contributed by atoms with Gasteiger partial charge in [0.15, 0.2) is 5.16 Å². The lowest BCUT2D eigenvalue weighted by molar-refractivity contribution is 0.568. The van der Waals surface area contributed by atoms with Crippen LogP contribution in [0.5, 0.6) is 0 Å². The molecule has 0 aromatic carbocycles. The summed E-state index contributed by atoms with van der Waals surface area (Å²) in [5.74, 6) is 0.840. The van der Waals surface area contributed by atoms with Crippen LogP contribution in [0.1, 0.15) is 11.3 Å². The Kier molecular flexibility index (Phi) is 3.85. The largest absolute Gasteiger partial charge is 0.472 e. The molecule has 0 saturated carbocycles.